The highest BCUT2D eigenvalue weighted by Gasteiger charge is 2.46. The average Bonchev–Trinajstić information content (AvgIpc) is 2.62. The normalized spacial score (nSPS) is 14.4. The summed E-state index contributed by atoms with van der Waals surface area (Å²) in [6.07, 6.45) is 11.3. The molecule has 0 aliphatic carbocycles. The predicted molar refractivity (Wildman–Crippen MR) is 111 cm³/mol. The van der Waals surface area contributed by atoms with E-state index in [4.69, 9.17) is 0 Å². The first kappa shape index (κ1) is 21.4. The lowest BCUT2D eigenvalue weighted by Crippen LogP contribution is -2.47. The first-order valence-corrected chi connectivity index (χ1v) is 10.3. The molecule has 1 nitrogen and oxygen atoms in total. The highest BCUT2D eigenvalue weighted by Crippen LogP contribution is 2.50. The Morgan fingerprint density at radius 2 is 1.38 bits per heavy atom. The van der Waals surface area contributed by atoms with Gasteiger partial charge in [-0.3, -0.25) is 0 Å². The minimum absolute atomic E-state index is 0.271. The van der Waals surface area contributed by atoms with Crippen LogP contribution in [0.15, 0.2) is 30.8 Å². The van der Waals surface area contributed by atoms with Gasteiger partial charge in [0.1, 0.15) is 0 Å². The molecule has 2 unspecified atom stereocenters. The topological polar surface area (TPSA) is 20.2 Å². The molecule has 1 aromatic rings. The van der Waals surface area contributed by atoms with Crippen molar-refractivity contribution in [2.45, 2.75) is 89.3 Å². The summed E-state index contributed by atoms with van der Waals surface area (Å²) >= 11 is 0. The third-order valence-corrected chi connectivity index (χ3v) is 6.46. The van der Waals surface area contributed by atoms with Gasteiger partial charge in [-0.05, 0) is 30.4 Å². The smallest absolute Gasteiger partial charge is 0.0777 e. The van der Waals surface area contributed by atoms with Gasteiger partial charge in [0.15, 0.2) is 0 Å². The Morgan fingerprint density at radius 3 is 1.79 bits per heavy atom. The fraction of sp³-hybridized carbons (Fsp3) is 0.636. The van der Waals surface area contributed by atoms with E-state index in [1.807, 2.05) is 6.08 Å². The summed E-state index contributed by atoms with van der Waals surface area (Å²) in [6, 6.07) is 8.60. The summed E-state index contributed by atoms with van der Waals surface area (Å²) in [4.78, 5) is 0. The second kappa shape index (κ2) is 10.4. The van der Waals surface area contributed by atoms with Crippen LogP contribution in [0, 0.1) is 0 Å². The van der Waals surface area contributed by atoms with Crippen molar-refractivity contribution in [1.82, 2.24) is 0 Å². The lowest BCUT2D eigenvalue weighted by molar-refractivity contribution is -0.0263. The maximum atomic E-state index is 11.8. The minimum atomic E-state index is -0.658. The molecule has 24 heavy (non-hydrogen) atoms. The molecule has 1 rings (SSSR count). The molecule has 2 heteroatoms. The van der Waals surface area contributed by atoms with E-state index in [-0.39, 0.29) is 5.16 Å². The van der Waals surface area contributed by atoms with Crippen LogP contribution in [0.25, 0.3) is 6.08 Å². The molecule has 136 valence electrons. The standard InChI is InChI=1S/C22H37OP/c1-5-9-16-21(23,17-10-6-2)22(24,18-11-7-3)20-14-12-19(8-4)13-15-20/h8,12-15,23H,4-7,9-11,16-18,24H2,1-3H3. The van der Waals surface area contributed by atoms with E-state index < -0.39 is 5.60 Å². The van der Waals surface area contributed by atoms with E-state index >= 15 is 0 Å². The van der Waals surface area contributed by atoms with Crippen LogP contribution in [0.3, 0.4) is 0 Å². The molecular formula is C22H37OP. The van der Waals surface area contributed by atoms with E-state index in [0.29, 0.717) is 0 Å². The highest BCUT2D eigenvalue weighted by atomic mass is 31.0. The fourth-order valence-electron chi connectivity index (χ4n) is 3.53. The molecule has 0 saturated heterocycles. The van der Waals surface area contributed by atoms with Crippen LogP contribution in [-0.2, 0) is 5.16 Å². The van der Waals surface area contributed by atoms with Crippen LogP contribution >= 0.6 is 9.24 Å². The lowest BCUT2D eigenvalue weighted by Gasteiger charge is -2.46. The third-order valence-electron chi connectivity index (χ3n) is 5.30. The summed E-state index contributed by atoms with van der Waals surface area (Å²) < 4.78 is 0. The molecule has 0 aliphatic heterocycles. The Labute approximate surface area is 152 Å². The van der Waals surface area contributed by atoms with Gasteiger partial charge in [-0.1, -0.05) is 96.2 Å². The minimum Gasteiger partial charge on any atom is -0.389 e. The van der Waals surface area contributed by atoms with Crippen molar-refractivity contribution in [1.29, 1.82) is 0 Å². The van der Waals surface area contributed by atoms with Crippen LogP contribution in [0.5, 0.6) is 0 Å². The summed E-state index contributed by atoms with van der Waals surface area (Å²) in [6.45, 7) is 10.5. The molecule has 0 amide bonds. The molecule has 1 N–H and O–H groups in total. The van der Waals surface area contributed by atoms with E-state index in [1.165, 1.54) is 5.56 Å². The number of hydrogen-bond donors (Lipinski definition) is 1. The van der Waals surface area contributed by atoms with Gasteiger partial charge in [-0.15, -0.1) is 9.24 Å². The van der Waals surface area contributed by atoms with E-state index in [9.17, 15) is 5.11 Å². The molecule has 0 fully saturated rings. The molecular weight excluding hydrogens is 311 g/mol. The van der Waals surface area contributed by atoms with Gasteiger partial charge in [-0.25, -0.2) is 0 Å². The van der Waals surface area contributed by atoms with Crippen molar-refractivity contribution < 1.29 is 5.11 Å². The second-order valence-electron chi connectivity index (χ2n) is 7.14. The summed E-state index contributed by atoms with van der Waals surface area (Å²) in [5, 5.41) is 11.5. The molecule has 1 aromatic carbocycles. The maximum absolute atomic E-state index is 11.8. The largest absolute Gasteiger partial charge is 0.389 e. The summed E-state index contributed by atoms with van der Waals surface area (Å²) in [5.74, 6) is 0. The van der Waals surface area contributed by atoms with Gasteiger partial charge in [0, 0.05) is 5.16 Å². The zero-order valence-corrected chi connectivity index (χ0v) is 17.1. The molecule has 0 aliphatic rings. The van der Waals surface area contributed by atoms with Gasteiger partial charge in [0.05, 0.1) is 5.60 Å². The quantitative estimate of drug-likeness (QED) is 0.417. The van der Waals surface area contributed by atoms with Crippen LogP contribution in [0.4, 0.5) is 0 Å². The lowest BCUT2D eigenvalue weighted by atomic mass is 9.72. The molecule has 0 spiro atoms. The number of benzene rings is 1. The maximum Gasteiger partial charge on any atom is 0.0777 e. The van der Waals surface area contributed by atoms with E-state index in [0.717, 1.165) is 63.4 Å². The fourth-order valence-corrected chi connectivity index (χ4v) is 4.21. The first-order valence-electron chi connectivity index (χ1n) is 9.71. The van der Waals surface area contributed by atoms with Crippen molar-refractivity contribution in [2.75, 3.05) is 0 Å². The Hall–Kier alpha value is -0.650. The van der Waals surface area contributed by atoms with Crippen molar-refractivity contribution in [3.8, 4) is 0 Å². The van der Waals surface area contributed by atoms with Crippen molar-refractivity contribution >= 4 is 15.3 Å². The number of aliphatic hydroxyl groups is 1. The highest BCUT2D eigenvalue weighted by molar-refractivity contribution is 7.18. The monoisotopic (exact) mass is 348 g/mol. The van der Waals surface area contributed by atoms with Crippen LogP contribution in [0.2, 0.25) is 0 Å². The Balaban J connectivity index is 3.26. The average molecular weight is 349 g/mol. The molecule has 0 saturated carbocycles. The number of rotatable bonds is 12. The Kier molecular flexibility index (Phi) is 9.24. The Bertz CT molecular complexity index is 471. The molecule has 0 radical (unpaired) electrons. The van der Waals surface area contributed by atoms with Crippen molar-refractivity contribution in [3.63, 3.8) is 0 Å². The van der Waals surface area contributed by atoms with Crippen LogP contribution in [0.1, 0.15) is 89.7 Å². The summed E-state index contributed by atoms with van der Waals surface area (Å²) in [7, 11) is 3.07. The number of hydrogen-bond acceptors (Lipinski definition) is 1. The van der Waals surface area contributed by atoms with E-state index in [1.54, 1.807) is 0 Å². The van der Waals surface area contributed by atoms with Gasteiger partial charge in [0.2, 0.25) is 0 Å². The molecule has 0 aromatic heterocycles. The Morgan fingerprint density at radius 1 is 0.917 bits per heavy atom. The van der Waals surface area contributed by atoms with Crippen LogP contribution in [-0.4, -0.2) is 10.7 Å². The molecule has 0 bridgehead atoms. The SMILES string of the molecule is C=Cc1ccc(C(P)(CCCC)C(O)(CCCC)CCCC)cc1. The third kappa shape index (κ3) is 5.17. The number of unbranched alkanes of at least 4 members (excludes halogenated alkanes) is 3. The zero-order chi connectivity index (χ0) is 18.1. The second-order valence-corrected chi connectivity index (χ2v) is 8.13. The van der Waals surface area contributed by atoms with Gasteiger partial charge in [0.25, 0.3) is 0 Å². The van der Waals surface area contributed by atoms with Gasteiger partial charge >= 0.3 is 0 Å². The van der Waals surface area contributed by atoms with Crippen molar-refractivity contribution in [3.05, 3.63) is 42.0 Å². The molecule has 0 heterocycles. The van der Waals surface area contributed by atoms with Gasteiger partial charge < -0.3 is 5.11 Å². The zero-order valence-electron chi connectivity index (χ0n) is 16.0. The first-order chi connectivity index (χ1) is 11.5. The van der Waals surface area contributed by atoms with Crippen LogP contribution < -0.4 is 0 Å². The van der Waals surface area contributed by atoms with Crippen molar-refractivity contribution in [2.24, 2.45) is 0 Å². The predicted octanol–water partition coefficient (Wildman–Crippen LogP) is 6.70. The summed E-state index contributed by atoms with van der Waals surface area (Å²) in [5.41, 5.74) is 1.71. The molecule has 2 atom stereocenters. The van der Waals surface area contributed by atoms with Gasteiger partial charge in [-0.2, -0.15) is 0 Å². The van der Waals surface area contributed by atoms with E-state index in [2.05, 4.69) is 60.9 Å².